The summed E-state index contributed by atoms with van der Waals surface area (Å²) in [6, 6.07) is 14.2. The number of carbonyl (C=O) groups is 2. The lowest BCUT2D eigenvalue weighted by molar-refractivity contribution is -0.143. The van der Waals surface area contributed by atoms with Crippen LogP contribution < -0.4 is 4.74 Å². The molecular weight excluding hydrogens is 670 g/mol. The monoisotopic (exact) mass is 704 g/mol. The van der Waals surface area contributed by atoms with Crippen molar-refractivity contribution in [2.24, 2.45) is 0 Å². The Balaban J connectivity index is 1.41. The summed E-state index contributed by atoms with van der Waals surface area (Å²) in [6.45, 7) is 7.36. The lowest BCUT2D eigenvalue weighted by Gasteiger charge is -2.24. The first-order chi connectivity index (χ1) is 23.5. The van der Waals surface area contributed by atoms with Crippen molar-refractivity contribution in [2.75, 3.05) is 19.7 Å². The first-order valence-corrected chi connectivity index (χ1v) is 15.7. The van der Waals surface area contributed by atoms with Crippen molar-refractivity contribution in [1.29, 1.82) is 0 Å². The number of rotatable bonds is 8. The number of alkyl halides is 6. The predicted molar refractivity (Wildman–Crippen MR) is 169 cm³/mol. The molecular formula is C35H34F6N4O5. The fraction of sp³-hybridized carbons (Fsp3) is 0.371. The van der Waals surface area contributed by atoms with E-state index in [0.717, 1.165) is 24.1 Å². The molecule has 0 radical (unpaired) electrons. The fourth-order valence-corrected chi connectivity index (χ4v) is 5.53. The minimum atomic E-state index is -5.05. The Hall–Kier alpha value is -5.08. The van der Waals surface area contributed by atoms with Gasteiger partial charge in [-0.1, -0.05) is 36.4 Å². The third kappa shape index (κ3) is 8.20. The molecule has 1 aliphatic rings. The fourth-order valence-electron chi connectivity index (χ4n) is 5.53. The number of para-hydroxylation sites is 1. The molecule has 2 aromatic carbocycles. The van der Waals surface area contributed by atoms with Gasteiger partial charge in [0.25, 0.3) is 0 Å². The topological polar surface area (TPSA) is 95.8 Å². The van der Waals surface area contributed by atoms with Crippen molar-refractivity contribution in [3.05, 3.63) is 94.8 Å². The summed E-state index contributed by atoms with van der Waals surface area (Å²) < 4.78 is 101. The Labute approximate surface area is 283 Å². The number of amides is 1. The Bertz CT molecular complexity index is 1850. The Kier molecular flexibility index (Phi) is 10.2. The molecule has 1 atom stereocenters. The number of hydrogen-bond acceptors (Lipinski definition) is 7. The van der Waals surface area contributed by atoms with Crippen LogP contribution in [0.2, 0.25) is 0 Å². The summed E-state index contributed by atoms with van der Waals surface area (Å²) in [5.41, 5.74) is -2.76. The van der Waals surface area contributed by atoms with Crippen molar-refractivity contribution in [3.8, 4) is 22.8 Å². The predicted octanol–water partition coefficient (Wildman–Crippen LogP) is 8.45. The molecule has 1 aliphatic heterocycles. The summed E-state index contributed by atoms with van der Waals surface area (Å²) in [6.07, 6.45) is -8.86. The molecule has 9 nitrogen and oxygen atoms in total. The zero-order valence-electron chi connectivity index (χ0n) is 27.6. The Morgan fingerprint density at radius 2 is 1.62 bits per heavy atom. The first-order valence-electron chi connectivity index (χ1n) is 15.7. The zero-order chi connectivity index (χ0) is 36.4. The largest absolute Gasteiger partial charge is 0.488 e. The van der Waals surface area contributed by atoms with E-state index >= 15 is 0 Å². The van der Waals surface area contributed by atoms with Gasteiger partial charge in [-0.3, -0.25) is 0 Å². The molecule has 0 N–H and O–H groups in total. The molecule has 15 heteroatoms. The Morgan fingerprint density at radius 1 is 0.920 bits per heavy atom. The molecule has 2 aromatic heterocycles. The smallest absolute Gasteiger partial charge is 0.434 e. The first kappa shape index (κ1) is 36.2. The number of hydrogen-bond donors (Lipinski definition) is 0. The van der Waals surface area contributed by atoms with Crippen molar-refractivity contribution in [2.45, 2.75) is 64.6 Å². The highest BCUT2D eigenvalue weighted by Gasteiger charge is 2.42. The highest BCUT2D eigenvalue weighted by atomic mass is 19.4. The van der Waals surface area contributed by atoms with E-state index in [2.05, 4.69) is 10.1 Å². The third-order valence-electron chi connectivity index (χ3n) is 7.76. The summed E-state index contributed by atoms with van der Waals surface area (Å²) in [5, 5.41) is 3.70. The van der Waals surface area contributed by atoms with Crippen LogP contribution in [0.25, 0.3) is 17.1 Å². The SMILES string of the molecule is CCOC(=O)c1cnn(-c2cccc(-c3cccc(C(F)(F)F)c3OCc3ccc([C@H]4CCN(C(=O)OC(C)(C)C)C4)cc3)n2)c1C(F)(F)F. The van der Waals surface area contributed by atoms with E-state index in [9.17, 15) is 35.9 Å². The number of nitrogens with zero attached hydrogens (tertiary/aromatic N) is 4. The average Bonchev–Trinajstić information content (AvgIpc) is 3.72. The third-order valence-corrected chi connectivity index (χ3v) is 7.76. The van der Waals surface area contributed by atoms with Gasteiger partial charge in [-0.25, -0.2) is 19.3 Å². The molecule has 0 saturated carbocycles. The highest BCUT2D eigenvalue weighted by Crippen LogP contribution is 2.42. The van der Waals surface area contributed by atoms with Crippen LogP contribution in [0.4, 0.5) is 31.1 Å². The van der Waals surface area contributed by atoms with Crippen LogP contribution in [-0.4, -0.2) is 57.0 Å². The number of ether oxygens (including phenoxy) is 3. The molecule has 1 fully saturated rings. The Morgan fingerprint density at radius 3 is 2.26 bits per heavy atom. The minimum Gasteiger partial charge on any atom is -0.488 e. The molecule has 266 valence electrons. The van der Waals surface area contributed by atoms with Crippen LogP contribution in [-0.2, 0) is 28.4 Å². The van der Waals surface area contributed by atoms with Gasteiger partial charge in [0.15, 0.2) is 11.5 Å². The number of benzene rings is 2. The zero-order valence-corrected chi connectivity index (χ0v) is 27.6. The van der Waals surface area contributed by atoms with Crippen LogP contribution >= 0.6 is 0 Å². The maximum absolute atomic E-state index is 14.2. The second-order valence-electron chi connectivity index (χ2n) is 12.5. The number of esters is 1. The van der Waals surface area contributed by atoms with Gasteiger partial charge in [0.05, 0.1) is 24.1 Å². The molecule has 1 saturated heterocycles. The van der Waals surface area contributed by atoms with Gasteiger partial charge in [-0.05, 0) is 69.5 Å². The lowest BCUT2D eigenvalue weighted by Crippen LogP contribution is -2.35. The van der Waals surface area contributed by atoms with Gasteiger partial charge in [-0.2, -0.15) is 31.4 Å². The van der Waals surface area contributed by atoms with Gasteiger partial charge >= 0.3 is 24.4 Å². The van der Waals surface area contributed by atoms with E-state index in [1.165, 1.54) is 31.2 Å². The molecule has 50 heavy (non-hydrogen) atoms. The molecule has 4 aromatic rings. The maximum atomic E-state index is 14.2. The summed E-state index contributed by atoms with van der Waals surface area (Å²) in [4.78, 5) is 30.5. The molecule has 0 bridgehead atoms. The van der Waals surface area contributed by atoms with Gasteiger partial charge in [0, 0.05) is 24.6 Å². The molecule has 0 aliphatic carbocycles. The average molecular weight is 705 g/mol. The summed E-state index contributed by atoms with van der Waals surface area (Å²) in [7, 11) is 0. The quantitative estimate of drug-likeness (QED) is 0.134. The van der Waals surface area contributed by atoms with Crippen molar-refractivity contribution in [1.82, 2.24) is 19.7 Å². The minimum absolute atomic E-state index is 0.0504. The molecule has 3 heterocycles. The van der Waals surface area contributed by atoms with Gasteiger partial charge in [0.2, 0.25) is 0 Å². The number of halogens is 6. The van der Waals surface area contributed by atoms with E-state index in [1.54, 1.807) is 37.8 Å². The van der Waals surface area contributed by atoms with Gasteiger partial charge in [-0.15, -0.1) is 0 Å². The van der Waals surface area contributed by atoms with E-state index in [1.807, 2.05) is 12.1 Å². The number of likely N-dealkylation sites (tertiary alicyclic amines) is 1. The van der Waals surface area contributed by atoms with Crippen LogP contribution in [0.15, 0.2) is 66.9 Å². The van der Waals surface area contributed by atoms with Crippen LogP contribution in [0.5, 0.6) is 5.75 Å². The number of aromatic nitrogens is 3. The summed E-state index contributed by atoms with van der Waals surface area (Å²) >= 11 is 0. The van der Waals surface area contributed by atoms with E-state index in [-0.39, 0.29) is 30.4 Å². The summed E-state index contributed by atoms with van der Waals surface area (Å²) in [5.74, 6) is -2.16. The van der Waals surface area contributed by atoms with Crippen LogP contribution in [0, 0.1) is 0 Å². The molecule has 0 unspecified atom stereocenters. The van der Waals surface area contributed by atoms with E-state index in [0.29, 0.717) is 29.5 Å². The van der Waals surface area contributed by atoms with Gasteiger partial charge < -0.3 is 19.1 Å². The van der Waals surface area contributed by atoms with E-state index < -0.39 is 58.4 Å². The van der Waals surface area contributed by atoms with E-state index in [4.69, 9.17) is 14.2 Å². The standard InChI is InChI=1S/C35H34F6N4O5/c1-5-48-31(46)25-18-42-45(30(25)35(39,40)41)28-11-7-10-27(43-28)24-8-6-9-26(34(36,37)38)29(24)49-20-21-12-14-22(15-13-21)23-16-17-44(19-23)32(47)50-33(2,3)4/h6-15,18,23H,5,16-17,19-20H2,1-4H3/t23-/m0/s1. The maximum Gasteiger partial charge on any atom is 0.434 e. The van der Waals surface area contributed by atoms with Crippen LogP contribution in [0.3, 0.4) is 0 Å². The molecule has 0 spiro atoms. The van der Waals surface area contributed by atoms with Crippen LogP contribution in [0.1, 0.15) is 72.8 Å². The number of pyridine rings is 1. The van der Waals surface area contributed by atoms with Crippen molar-refractivity contribution < 1.29 is 50.1 Å². The van der Waals surface area contributed by atoms with Crippen molar-refractivity contribution >= 4 is 12.1 Å². The van der Waals surface area contributed by atoms with Gasteiger partial charge in [0.1, 0.15) is 23.5 Å². The second kappa shape index (κ2) is 14.0. The molecule has 5 rings (SSSR count). The normalized spacial score (nSPS) is 15.2. The molecule has 1 amide bonds. The van der Waals surface area contributed by atoms with Crippen molar-refractivity contribution in [3.63, 3.8) is 0 Å². The number of carbonyl (C=O) groups excluding carboxylic acids is 2. The second-order valence-corrected chi connectivity index (χ2v) is 12.5. The lowest BCUT2D eigenvalue weighted by atomic mass is 9.97. The highest BCUT2D eigenvalue weighted by molar-refractivity contribution is 5.90.